The van der Waals surface area contributed by atoms with Gasteiger partial charge in [0.05, 0.1) is 0 Å². The number of likely N-dealkylation sites (tertiary alicyclic amines) is 1. The van der Waals surface area contributed by atoms with Crippen LogP contribution < -0.4 is 0 Å². The molecule has 0 saturated carbocycles. The van der Waals surface area contributed by atoms with E-state index in [4.69, 9.17) is 0 Å². The van der Waals surface area contributed by atoms with Crippen LogP contribution in [0.4, 0.5) is 4.39 Å². The molecular weight excluding hydrogens is 233 g/mol. The summed E-state index contributed by atoms with van der Waals surface area (Å²) in [5, 5.41) is 9.63. The first-order valence-electron chi connectivity index (χ1n) is 6.36. The van der Waals surface area contributed by atoms with Crippen LogP contribution in [0.1, 0.15) is 36.5 Å². The van der Waals surface area contributed by atoms with E-state index >= 15 is 0 Å². The third-order valence-electron chi connectivity index (χ3n) is 3.51. The SMILES string of the molecule is CC1CCCN(C(=O)c2c(O)cccc2F)CC1. The Morgan fingerprint density at radius 2 is 2.17 bits per heavy atom. The zero-order chi connectivity index (χ0) is 13.1. The first kappa shape index (κ1) is 12.9. The molecule has 2 rings (SSSR count). The average Bonchev–Trinajstić information content (AvgIpc) is 2.53. The summed E-state index contributed by atoms with van der Waals surface area (Å²) in [6.45, 7) is 3.43. The zero-order valence-corrected chi connectivity index (χ0v) is 10.5. The highest BCUT2D eigenvalue weighted by molar-refractivity contribution is 5.97. The van der Waals surface area contributed by atoms with Crippen molar-refractivity contribution in [2.45, 2.75) is 26.2 Å². The third-order valence-corrected chi connectivity index (χ3v) is 3.51. The number of carbonyl (C=O) groups is 1. The van der Waals surface area contributed by atoms with E-state index in [0.717, 1.165) is 19.3 Å². The van der Waals surface area contributed by atoms with Crippen LogP contribution in [0.3, 0.4) is 0 Å². The summed E-state index contributed by atoms with van der Waals surface area (Å²) >= 11 is 0. The van der Waals surface area contributed by atoms with Crippen molar-refractivity contribution in [2.24, 2.45) is 5.92 Å². The Bertz CT molecular complexity index is 427. The van der Waals surface area contributed by atoms with Gasteiger partial charge in [-0.15, -0.1) is 0 Å². The fourth-order valence-electron chi connectivity index (χ4n) is 2.35. The second kappa shape index (κ2) is 5.38. The van der Waals surface area contributed by atoms with E-state index in [1.54, 1.807) is 4.90 Å². The Balaban J connectivity index is 2.20. The van der Waals surface area contributed by atoms with E-state index in [9.17, 15) is 14.3 Å². The van der Waals surface area contributed by atoms with Crippen molar-refractivity contribution >= 4 is 5.91 Å². The highest BCUT2D eigenvalue weighted by atomic mass is 19.1. The monoisotopic (exact) mass is 251 g/mol. The molecule has 1 heterocycles. The minimum Gasteiger partial charge on any atom is -0.507 e. The molecule has 0 spiro atoms. The van der Waals surface area contributed by atoms with Gasteiger partial charge < -0.3 is 10.0 Å². The first-order valence-corrected chi connectivity index (χ1v) is 6.36. The zero-order valence-electron chi connectivity index (χ0n) is 10.5. The van der Waals surface area contributed by atoms with E-state index < -0.39 is 11.7 Å². The summed E-state index contributed by atoms with van der Waals surface area (Å²) in [4.78, 5) is 13.9. The van der Waals surface area contributed by atoms with E-state index in [0.29, 0.717) is 19.0 Å². The predicted molar refractivity (Wildman–Crippen MR) is 67.0 cm³/mol. The second-order valence-corrected chi connectivity index (χ2v) is 4.96. The van der Waals surface area contributed by atoms with Crippen LogP contribution in [0, 0.1) is 11.7 Å². The molecule has 1 aromatic rings. The molecule has 0 aromatic heterocycles. The minimum atomic E-state index is -0.655. The molecule has 1 aromatic carbocycles. The van der Waals surface area contributed by atoms with Crippen molar-refractivity contribution in [1.82, 2.24) is 4.90 Å². The van der Waals surface area contributed by atoms with Gasteiger partial charge in [-0.2, -0.15) is 0 Å². The molecule has 18 heavy (non-hydrogen) atoms. The van der Waals surface area contributed by atoms with Crippen LogP contribution >= 0.6 is 0 Å². The quantitative estimate of drug-likeness (QED) is 0.833. The van der Waals surface area contributed by atoms with Crippen LogP contribution in [0.25, 0.3) is 0 Å². The molecule has 4 heteroatoms. The second-order valence-electron chi connectivity index (χ2n) is 4.96. The van der Waals surface area contributed by atoms with Gasteiger partial charge in [-0.1, -0.05) is 13.0 Å². The Labute approximate surface area is 106 Å². The van der Waals surface area contributed by atoms with Gasteiger partial charge in [0.2, 0.25) is 0 Å². The summed E-state index contributed by atoms with van der Waals surface area (Å²) in [5.41, 5.74) is -0.202. The molecular formula is C14H18FNO2. The predicted octanol–water partition coefficient (Wildman–Crippen LogP) is 2.79. The normalized spacial score (nSPS) is 20.6. The minimum absolute atomic E-state index is 0.202. The molecule has 0 radical (unpaired) electrons. The van der Waals surface area contributed by atoms with Gasteiger partial charge in [0.25, 0.3) is 5.91 Å². The maximum absolute atomic E-state index is 13.6. The van der Waals surface area contributed by atoms with Gasteiger partial charge in [0, 0.05) is 13.1 Å². The Kier molecular flexibility index (Phi) is 3.84. The van der Waals surface area contributed by atoms with Crippen LogP contribution in [0.5, 0.6) is 5.75 Å². The van der Waals surface area contributed by atoms with Crippen molar-refractivity contribution < 1.29 is 14.3 Å². The van der Waals surface area contributed by atoms with E-state index in [2.05, 4.69) is 6.92 Å². The summed E-state index contributed by atoms with van der Waals surface area (Å²) < 4.78 is 13.6. The molecule has 0 aliphatic carbocycles. The lowest BCUT2D eigenvalue weighted by atomic mass is 10.0. The van der Waals surface area contributed by atoms with Crippen molar-refractivity contribution in [3.8, 4) is 5.75 Å². The number of rotatable bonds is 1. The van der Waals surface area contributed by atoms with Crippen molar-refractivity contribution in [1.29, 1.82) is 0 Å². The van der Waals surface area contributed by atoms with Gasteiger partial charge in [0.15, 0.2) is 0 Å². The smallest absolute Gasteiger partial charge is 0.260 e. The van der Waals surface area contributed by atoms with Crippen molar-refractivity contribution in [3.63, 3.8) is 0 Å². The van der Waals surface area contributed by atoms with Crippen LogP contribution in [-0.2, 0) is 0 Å². The molecule has 1 aliphatic rings. The highest BCUT2D eigenvalue weighted by Crippen LogP contribution is 2.24. The molecule has 3 nitrogen and oxygen atoms in total. The number of hydrogen-bond acceptors (Lipinski definition) is 2. The summed E-state index contributed by atoms with van der Waals surface area (Å²) in [6, 6.07) is 3.94. The maximum atomic E-state index is 13.6. The van der Waals surface area contributed by atoms with Gasteiger partial charge >= 0.3 is 0 Å². The van der Waals surface area contributed by atoms with Crippen molar-refractivity contribution in [3.05, 3.63) is 29.6 Å². The lowest BCUT2D eigenvalue weighted by Gasteiger charge is -2.21. The largest absolute Gasteiger partial charge is 0.507 e. The first-order chi connectivity index (χ1) is 8.59. The Morgan fingerprint density at radius 3 is 2.89 bits per heavy atom. The molecule has 98 valence electrons. The molecule has 1 saturated heterocycles. The van der Waals surface area contributed by atoms with Crippen LogP contribution in [0.15, 0.2) is 18.2 Å². The number of amides is 1. The van der Waals surface area contributed by atoms with Gasteiger partial charge in [-0.3, -0.25) is 4.79 Å². The van der Waals surface area contributed by atoms with E-state index in [1.807, 2.05) is 0 Å². The number of phenolic OH excluding ortho intramolecular Hbond substituents is 1. The maximum Gasteiger partial charge on any atom is 0.260 e. The molecule has 0 bridgehead atoms. The molecule has 1 aliphatic heterocycles. The molecule has 1 unspecified atom stereocenters. The topological polar surface area (TPSA) is 40.5 Å². The number of halogens is 1. The molecule has 1 N–H and O–H groups in total. The summed E-state index contributed by atoms with van der Waals surface area (Å²) in [7, 11) is 0. The standard InChI is InChI=1S/C14H18FNO2/c1-10-4-3-8-16(9-7-10)14(18)13-11(15)5-2-6-12(13)17/h2,5-6,10,17H,3-4,7-9H2,1H3. The Hall–Kier alpha value is -1.58. The summed E-state index contributed by atoms with van der Waals surface area (Å²) in [5.74, 6) is -0.744. The fraction of sp³-hybridized carbons (Fsp3) is 0.500. The van der Waals surface area contributed by atoms with Gasteiger partial charge in [-0.25, -0.2) is 4.39 Å². The van der Waals surface area contributed by atoms with Crippen LogP contribution in [-0.4, -0.2) is 29.0 Å². The highest BCUT2D eigenvalue weighted by Gasteiger charge is 2.24. The van der Waals surface area contributed by atoms with Gasteiger partial charge in [-0.05, 0) is 37.3 Å². The third kappa shape index (κ3) is 2.63. The lowest BCUT2D eigenvalue weighted by molar-refractivity contribution is 0.0752. The summed E-state index contributed by atoms with van der Waals surface area (Å²) in [6.07, 6.45) is 2.95. The number of hydrogen-bond donors (Lipinski definition) is 1. The van der Waals surface area contributed by atoms with Gasteiger partial charge in [0.1, 0.15) is 17.1 Å². The van der Waals surface area contributed by atoms with Crippen LogP contribution in [0.2, 0.25) is 0 Å². The van der Waals surface area contributed by atoms with Crippen molar-refractivity contribution in [2.75, 3.05) is 13.1 Å². The number of carbonyl (C=O) groups excluding carboxylic acids is 1. The average molecular weight is 251 g/mol. The number of aromatic hydroxyl groups is 1. The van der Waals surface area contributed by atoms with E-state index in [-0.39, 0.29) is 11.3 Å². The number of benzene rings is 1. The fourth-order valence-corrected chi connectivity index (χ4v) is 2.35. The lowest BCUT2D eigenvalue weighted by Crippen LogP contribution is -2.32. The molecule has 1 fully saturated rings. The molecule has 1 amide bonds. The molecule has 1 atom stereocenters. The Morgan fingerprint density at radius 1 is 1.39 bits per heavy atom. The number of phenols is 1. The number of nitrogens with zero attached hydrogens (tertiary/aromatic N) is 1. The van der Waals surface area contributed by atoms with E-state index in [1.165, 1.54) is 18.2 Å².